The van der Waals surface area contributed by atoms with Crippen LogP contribution in [0.5, 0.6) is 5.75 Å². The Hall–Kier alpha value is -2.62. The Balaban J connectivity index is 2.49. The van der Waals surface area contributed by atoms with E-state index >= 15 is 0 Å². The van der Waals surface area contributed by atoms with Crippen molar-refractivity contribution in [3.63, 3.8) is 0 Å². The van der Waals surface area contributed by atoms with Crippen molar-refractivity contribution in [3.8, 4) is 16.9 Å². The van der Waals surface area contributed by atoms with E-state index in [9.17, 15) is 14.7 Å². The van der Waals surface area contributed by atoms with Gasteiger partial charge in [0.15, 0.2) is 6.29 Å². The van der Waals surface area contributed by atoms with Gasteiger partial charge < -0.3 is 10.8 Å². The van der Waals surface area contributed by atoms with Gasteiger partial charge in [0, 0.05) is 11.1 Å². The lowest BCUT2D eigenvalue weighted by Gasteiger charge is -2.07. The van der Waals surface area contributed by atoms with Crippen LogP contribution in [-0.4, -0.2) is 17.3 Å². The van der Waals surface area contributed by atoms with Gasteiger partial charge >= 0.3 is 0 Å². The number of aldehydes is 1. The van der Waals surface area contributed by atoms with Crippen molar-refractivity contribution in [3.05, 3.63) is 53.6 Å². The standard InChI is InChI=1S/C14H11NO3/c15-14(18)10-6-4-9(5-7-10)12-3-1-2-11(8-16)13(12)17/h1-8,17H,(H2,15,18). The zero-order chi connectivity index (χ0) is 13.1. The molecule has 0 heterocycles. The number of carbonyl (C=O) groups is 2. The summed E-state index contributed by atoms with van der Waals surface area (Å²) < 4.78 is 0. The zero-order valence-electron chi connectivity index (χ0n) is 9.46. The number of benzene rings is 2. The normalized spacial score (nSPS) is 10.0. The van der Waals surface area contributed by atoms with Crippen LogP contribution in [0.4, 0.5) is 0 Å². The molecule has 4 nitrogen and oxygen atoms in total. The first-order chi connectivity index (χ1) is 8.63. The summed E-state index contributed by atoms with van der Waals surface area (Å²) >= 11 is 0. The molecule has 90 valence electrons. The van der Waals surface area contributed by atoms with E-state index in [4.69, 9.17) is 5.73 Å². The Morgan fingerprint density at radius 2 is 1.78 bits per heavy atom. The minimum atomic E-state index is -0.507. The first kappa shape index (κ1) is 11.9. The van der Waals surface area contributed by atoms with E-state index in [1.807, 2.05) is 0 Å². The summed E-state index contributed by atoms with van der Waals surface area (Å²) in [7, 11) is 0. The highest BCUT2D eigenvalue weighted by atomic mass is 16.3. The molecule has 0 spiro atoms. The second-order valence-corrected chi connectivity index (χ2v) is 3.80. The van der Waals surface area contributed by atoms with Crippen molar-refractivity contribution < 1.29 is 14.7 Å². The fourth-order valence-electron chi connectivity index (χ4n) is 1.70. The third-order valence-electron chi connectivity index (χ3n) is 2.67. The van der Waals surface area contributed by atoms with Crippen LogP contribution in [0.2, 0.25) is 0 Å². The number of primary amides is 1. The van der Waals surface area contributed by atoms with Gasteiger partial charge in [0.1, 0.15) is 5.75 Å². The minimum Gasteiger partial charge on any atom is -0.507 e. The van der Waals surface area contributed by atoms with Gasteiger partial charge in [0.25, 0.3) is 0 Å². The molecule has 0 bridgehead atoms. The number of rotatable bonds is 3. The molecule has 0 unspecified atom stereocenters. The molecular formula is C14H11NO3. The van der Waals surface area contributed by atoms with Gasteiger partial charge in [-0.05, 0) is 23.8 Å². The summed E-state index contributed by atoms with van der Waals surface area (Å²) in [5, 5.41) is 9.90. The van der Waals surface area contributed by atoms with Gasteiger partial charge in [-0.25, -0.2) is 0 Å². The van der Waals surface area contributed by atoms with Crippen molar-refractivity contribution in [2.45, 2.75) is 0 Å². The molecule has 2 aromatic rings. The van der Waals surface area contributed by atoms with Crippen LogP contribution in [0.15, 0.2) is 42.5 Å². The molecule has 1 amide bonds. The van der Waals surface area contributed by atoms with Crippen LogP contribution in [0.1, 0.15) is 20.7 Å². The molecule has 4 heteroatoms. The van der Waals surface area contributed by atoms with Crippen LogP contribution >= 0.6 is 0 Å². The number of aromatic hydroxyl groups is 1. The molecule has 0 aliphatic carbocycles. The van der Waals surface area contributed by atoms with Crippen LogP contribution in [0.25, 0.3) is 11.1 Å². The van der Waals surface area contributed by atoms with Crippen molar-refractivity contribution in [1.29, 1.82) is 0 Å². The summed E-state index contributed by atoms with van der Waals surface area (Å²) in [6.07, 6.45) is 0.594. The number of phenolic OH excluding ortho intramolecular Hbond substituents is 1. The van der Waals surface area contributed by atoms with Crippen LogP contribution in [0.3, 0.4) is 0 Å². The number of nitrogens with two attached hydrogens (primary N) is 1. The Labute approximate surface area is 104 Å². The molecule has 0 saturated carbocycles. The smallest absolute Gasteiger partial charge is 0.248 e. The van der Waals surface area contributed by atoms with E-state index in [0.29, 0.717) is 23.0 Å². The second-order valence-electron chi connectivity index (χ2n) is 3.80. The summed E-state index contributed by atoms with van der Waals surface area (Å²) in [5.74, 6) is -0.577. The number of hydrogen-bond acceptors (Lipinski definition) is 3. The van der Waals surface area contributed by atoms with Crippen molar-refractivity contribution >= 4 is 12.2 Å². The van der Waals surface area contributed by atoms with E-state index in [0.717, 1.165) is 0 Å². The van der Waals surface area contributed by atoms with Gasteiger partial charge in [-0.2, -0.15) is 0 Å². The number of carbonyl (C=O) groups excluding carboxylic acids is 2. The fraction of sp³-hybridized carbons (Fsp3) is 0. The molecule has 0 aromatic heterocycles. The minimum absolute atomic E-state index is 0.0701. The monoisotopic (exact) mass is 241 g/mol. The summed E-state index contributed by atoms with van der Waals surface area (Å²) in [5.41, 5.74) is 7.01. The fourth-order valence-corrected chi connectivity index (χ4v) is 1.70. The Morgan fingerprint density at radius 1 is 1.11 bits per heavy atom. The highest BCUT2D eigenvalue weighted by Crippen LogP contribution is 2.31. The maximum absolute atomic E-state index is 10.9. The van der Waals surface area contributed by atoms with Gasteiger partial charge in [0.05, 0.1) is 5.56 Å². The SMILES string of the molecule is NC(=O)c1ccc(-c2cccc(C=O)c2O)cc1. The van der Waals surface area contributed by atoms with E-state index in [1.54, 1.807) is 36.4 Å². The van der Waals surface area contributed by atoms with Crippen molar-refractivity contribution in [2.75, 3.05) is 0 Å². The van der Waals surface area contributed by atoms with E-state index < -0.39 is 5.91 Å². The van der Waals surface area contributed by atoms with E-state index in [-0.39, 0.29) is 11.3 Å². The number of hydrogen-bond donors (Lipinski definition) is 2. The van der Waals surface area contributed by atoms with Crippen molar-refractivity contribution in [1.82, 2.24) is 0 Å². The molecule has 0 aliphatic rings. The summed E-state index contributed by atoms with van der Waals surface area (Å²) in [6.45, 7) is 0. The van der Waals surface area contributed by atoms with Gasteiger partial charge in [-0.15, -0.1) is 0 Å². The van der Waals surface area contributed by atoms with Gasteiger partial charge in [0.2, 0.25) is 5.91 Å². The first-order valence-electron chi connectivity index (χ1n) is 5.31. The summed E-state index contributed by atoms with van der Waals surface area (Å²) in [4.78, 5) is 21.7. The second kappa shape index (κ2) is 4.71. The lowest BCUT2D eigenvalue weighted by Crippen LogP contribution is -2.10. The molecule has 3 N–H and O–H groups in total. The van der Waals surface area contributed by atoms with Crippen molar-refractivity contribution in [2.24, 2.45) is 5.73 Å². The van der Waals surface area contributed by atoms with E-state index in [2.05, 4.69) is 0 Å². The molecule has 0 fully saturated rings. The zero-order valence-corrected chi connectivity index (χ0v) is 9.46. The molecule has 18 heavy (non-hydrogen) atoms. The Kier molecular flexibility index (Phi) is 3.10. The topological polar surface area (TPSA) is 80.4 Å². The third-order valence-corrected chi connectivity index (χ3v) is 2.67. The molecule has 0 atom stereocenters. The highest BCUT2D eigenvalue weighted by molar-refractivity contribution is 5.93. The average molecular weight is 241 g/mol. The maximum atomic E-state index is 10.9. The number of para-hydroxylation sites is 1. The van der Waals surface area contributed by atoms with Crippen LogP contribution < -0.4 is 5.73 Å². The molecule has 0 aliphatic heterocycles. The quantitative estimate of drug-likeness (QED) is 0.806. The largest absolute Gasteiger partial charge is 0.507 e. The predicted octanol–water partition coefficient (Wildman–Crippen LogP) is 1.97. The Morgan fingerprint density at radius 3 is 2.33 bits per heavy atom. The van der Waals surface area contributed by atoms with Gasteiger partial charge in [-0.3, -0.25) is 9.59 Å². The highest BCUT2D eigenvalue weighted by Gasteiger charge is 2.08. The third kappa shape index (κ3) is 2.08. The average Bonchev–Trinajstić information content (AvgIpc) is 2.39. The lowest BCUT2D eigenvalue weighted by atomic mass is 10.0. The number of amides is 1. The molecule has 2 aromatic carbocycles. The first-order valence-corrected chi connectivity index (χ1v) is 5.31. The van der Waals surface area contributed by atoms with E-state index in [1.165, 1.54) is 6.07 Å². The van der Waals surface area contributed by atoms with Crippen LogP contribution in [-0.2, 0) is 0 Å². The lowest BCUT2D eigenvalue weighted by molar-refractivity contribution is 0.1000. The molecule has 0 radical (unpaired) electrons. The molecule has 2 rings (SSSR count). The maximum Gasteiger partial charge on any atom is 0.248 e. The Bertz CT molecular complexity index is 603. The molecular weight excluding hydrogens is 230 g/mol. The predicted molar refractivity (Wildman–Crippen MR) is 67.4 cm³/mol. The van der Waals surface area contributed by atoms with Crippen LogP contribution in [0, 0.1) is 0 Å². The summed E-state index contributed by atoms with van der Waals surface area (Å²) in [6, 6.07) is 11.4. The van der Waals surface area contributed by atoms with Gasteiger partial charge in [-0.1, -0.05) is 24.3 Å². The molecule has 0 saturated heterocycles. The number of phenols is 1.